The van der Waals surface area contributed by atoms with Crippen LogP contribution < -0.4 is 0 Å². The first kappa shape index (κ1) is 6.44. The number of rotatable bonds is 1. The molecule has 6 aliphatic rings. The van der Waals surface area contributed by atoms with E-state index in [0.717, 1.165) is 23.7 Å². The maximum absolute atomic E-state index is 11.3. The van der Waals surface area contributed by atoms with Crippen molar-refractivity contribution >= 4 is 21.9 Å². The zero-order chi connectivity index (χ0) is 8.75. The smallest absolute Gasteiger partial charge is 0.311 e. The van der Waals surface area contributed by atoms with Crippen LogP contribution in [0.2, 0.25) is 0 Å². The lowest BCUT2D eigenvalue weighted by Gasteiger charge is -2.93. The Morgan fingerprint density at radius 1 is 1.23 bits per heavy atom. The molecule has 0 aromatic rings. The van der Waals surface area contributed by atoms with Gasteiger partial charge in [0.15, 0.2) is 0 Å². The molecule has 0 aromatic carbocycles. The highest BCUT2D eigenvalue weighted by atomic mass is 79.9. The third-order valence-electron chi connectivity index (χ3n) is 6.17. The topological polar surface area (TPSA) is 37.3 Å². The van der Waals surface area contributed by atoms with E-state index in [0.29, 0.717) is 11.8 Å². The Balaban J connectivity index is 1.81. The molecule has 3 heteroatoms. The second-order valence-corrected chi connectivity index (χ2v) is 6.92. The Bertz CT molecular complexity index is 370. The van der Waals surface area contributed by atoms with E-state index >= 15 is 0 Å². The summed E-state index contributed by atoms with van der Waals surface area (Å²) in [6, 6.07) is 0. The Hall–Kier alpha value is -0.0500. The van der Waals surface area contributed by atoms with E-state index in [1.165, 1.54) is 6.42 Å². The standard InChI is InChI=1S/C10H9BrO2/c11-10-6-3-1-2-4(6)9(10,8(12)13)5(2)7(3)10/h2-7H,1H2,(H,12,13). The number of carboxylic acids is 1. The van der Waals surface area contributed by atoms with Crippen LogP contribution in [-0.4, -0.2) is 15.4 Å². The molecule has 0 radical (unpaired) electrons. The molecular formula is C10H9BrO2. The van der Waals surface area contributed by atoms with Gasteiger partial charge < -0.3 is 5.11 Å². The number of hydrogen-bond donors (Lipinski definition) is 1. The summed E-state index contributed by atoms with van der Waals surface area (Å²) >= 11 is 3.75. The number of halogens is 1. The zero-order valence-corrected chi connectivity index (χ0v) is 8.49. The van der Waals surface area contributed by atoms with E-state index in [9.17, 15) is 9.90 Å². The Labute approximate surface area is 83.8 Å². The van der Waals surface area contributed by atoms with Gasteiger partial charge >= 0.3 is 5.97 Å². The van der Waals surface area contributed by atoms with Crippen molar-refractivity contribution in [2.45, 2.75) is 10.7 Å². The Morgan fingerprint density at radius 2 is 1.77 bits per heavy atom. The zero-order valence-electron chi connectivity index (χ0n) is 6.90. The maximum atomic E-state index is 11.3. The minimum atomic E-state index is -0.511. The molecule has 2 nitrogen and oxygen atoms in total. The van der Waals surface area contributed by atoms with Gasteiger partial charge in [-0.3, -0.25) is 4.79 Å². The fourth-order valence-corrected chi connectivity index (χ4v) is 8.27. The lowest BCUT2D eigenvalue weighted by atomic mass is 9.13. The molecule has 0 amide bonds. The predicted molar refractivity (Wildman–Crippen MR) is 47.3 cm³/mol. The summed E-state index contributed by atoms with van der Waals surface area (Å²) in [5, 5.41) is 9.32. The summed E-state index contributed by atoms with van der Waals surface area (Å²) in [4.78, 5) is 11.3. The van der Waals surface area contributed by atoms with E-state index in [-0.39, 0.29) is 9.74 Å². The van der Waals surface area contributed by atoms with Gasteiger partial charge in [-0.05, 0) is 41.9 Å². The summed E-state index contributed by atoms with van der Waals surface area (Å²) in [7, 11) is 0. The van der Waals surface area contributed by atoms with E-state index < -0.39 is 5.97 Å². The Kier molecular flexibility index (Phi) is 0.616. The van der Waals surface area contributed by atoms with Crippen molar-refractivity contribution in [2.24, 2.45) is 40.9 Å². The average Bonchev–Trinajstić information content (AvgIpc) is 2.37. The molecule has 4 atom stereocenters. The minimum Gasteiger partial charge on any atom is -0.481 e. The molecule has 0 aliphatic heterocycles. The lowest BCUT2D eigenvalue weighted by molar-refractivity contribution is -0.403. The third kappa shape index (κ3) is 0.264. The van der Waals surface area contributed by atoms with Crippen molar-refractivity contribution < 1.29 is 9.90 Å². The second kappa shape index (κ2) is 1.24. The molecule has 6 saturated carbocycles. The van der Waals surface area contributed by atoms with Crippen molar-refractivity contribution in [3.05, 3.63) is 0 Å². The number of aliphatic carboxylic acids is 1. The van der Waals surface area contributed by atoms with Gasteiger partial charge in [0.2, 0.25) is 0 Å². The Morgan fingerprint density at radius 3 is 2.31 bits per heavy atom. The van der Waals surface area contributed by atoms with E-state index in [2.05, 4.69) is 15.9 Å². The first-order valence-corrected chi connectivity index (χ1v) is 5.88. The van der Waals surface area contributed by atoms with Crippen LogP contribution in [0, 0.1) is 40.9 Å². The van der Waals surface area contributed by atoms with Gasteiger partial charge in [-0.2, -0.15) is 0 Å². The van der Waals surface area contributed by atoms with Crippen molar-refractivity contribution in [3.63, 3.8) is 0 Å². The first-order chi connectivity index (χ1) is 6.16. The van der Waals surface area contributed by atoms with Crippen LogP contribution in [0.4, 0.5) is 0 Å². The van der Waals surface area contributed by atoms with Crippen LogP contribution in [0.15, 0.2) is 0 Å². The third-order valence-corrected chi connectivity index (χ3v) is 7.89. The molecule has 6 fully saturated rings. The molecule has 6 aliphatic carbocycles. The molecule has 0 saturated heterocycles. The number of carbonyl (C=O) groups is 1. The van der Waals surface area contributed by atoms with Gasteiger partial charge in [0.05, 0.1) is 5.41 Å². The van der Waals surface area contributed by atoms with Crippen LogP contribution in [0.1, 0.15) is 6.42 Å². The highest BCUT2D eigenvalue weighted by Gasteiger charge is 3.06. The van der Waals surface area contributed by atoms with Crippen LogP contribution in [-0.2, 0) is 4.79 Å². The van der Waals surface area contributed by atoms with Gasteiger partial charge in [-0.25, -0.2) is 0 Å². The molecule has 4 unspecified atom stereocenters. The predicted octanol–water partition coefficient (Wildman–Crippen LogP) is 1.35. The summed E-state index contributed by atoms with van der Waals surface area (Å²) in [6.45, 7) is 0. The summed E-state index contributed by atoms with van der Waals surface area (Å²) < 4.78 is 0.0822. The highest BCUT2D eigenvalue weighted by Crippen LogP contribution is 3.03. The number of alkyl halides is 1. The van der Waals surface area contributed by atoms with E-state index in [1.54, 1.807) is 0 Å². The molecule has 0 heterocycles. The molecular weight excluding hydrogens is 232 g/mol. The van der Waals surface area contributed by atoms with Crippen LogP contribution in [0.3, 0.4) is 0 Å². The van der Waals surface area contributed by atoms with Crippen molar-refractivity contribution in [1.29, 1.82) is 0 Å². The number of carboxylic acid groups (broad SMARTS) is 1. The molecule has 0 aromatic heterocycles. The monoisotopic (exact) mass is 240 g/mol. The van der Waals surface area contributed by atoms with Crippen LogP contribution >= 0.6 is 15.9 Å². The van der Waals surface area contributed by atoms with Crippen LogP contribution in [0.5, 0.6) is 0 Å². The largest absolute Gasteiger partial charge is 0.481 e. The minimum absolute atomic E-state index is 0.0822. The molecule has 13 heavy (non-hydrogen) atoms. The fraction of sp³-hybridized carbons (Fsp3) is 0.900. The van der Waals surface area contributed by atoms with Crippen LogP contribution in [0.25, 0.3) is 0 Å². The summed E-state index contributed by atoms with van der Waals surface area (Å²) in [6.07, 6.45) is 1.35. The van der Waals surface area contributed by atoms with Gasteiger partial charge in [0.1, 0.15) is 0 Å². The molecule has 0 spiro atoms. The summed E-state index contributed by atoms with van der Waals surface area (Å²) in [5.74, 6) is 3.88. The molecule has 68 valence electrons. The first-order valence-electron chi connectivity index (χ1n) is 5.09. The van der Waals surface area contributed by atoms with Gasteiger partial charge in [-0.1, -0.05) is 15.9 Å². The van der Waals surface area contributed by atoms with Gasteiger partial charge in [0.25, 0.3) is 0 Å². The fourth-order valence-electron chi connectivity index (χ4n) is 6.33. The molecule has 2 bridgehead atoms. The quantitative estimate of drug-likeness (QED) is 0.703. The van der Waals surface area contributed by atoms with Crippen molar-refractivity contribution in [3.8, 4) is 0 Å². The second-order valence-electron chi connectivity index (χ2n) is 5.61. The average molecular weight is 241 g/mol. The van der Waals surface area contributed by atoms with Crippen molar-refractivity contribution in [1.82, 2.24) is 0 Å². The molecule has 1 N–H and O–H groups in total. The van der Waals surface area contributed by atoms with Gasteiger partial charge in [0, 0.05) is 4.32 Å². The van der Waals surface area contributed by atoms with Crippen molar-refractivity contribution in [2.75, 3.05) is 0 Å². The van der Waals surface area contributed by atoms with E-state index in [4.69, 9.17) is 0 Å². The number of hydrogen-bond acceptors (Lipinski definition) is 1. The normalized spacial score (nSPS) is 83.2. The van der Waals surface area contributed by atoms with E-state index in [1.807, 2.05) is 0 Å². The SMILES string of the molecule is O=C(O)C12C3C4CC5C3C1(Br)C5C42. The van der Waals surface area contributed by atoms with Gasteiger partial charge in [-0.15, -0.1) is 0 Å². The molecule has 6 rings (SSSR count). The maximum Gasteiger partial charge on any atom is 0.311 e. The summed E-state index contributed by atoms with van der Waals surface area (Å²) in [5.41, 5.74) is -0.278. The highest BCUT2D eigenvalue weighted by molar-refractivity contribution is 9.10. The lowest BCUT2D eigenvalue weighted by Crippen LogP contribution is -2.98.